The molecule has 0 saturated heterocycles. The first-order chi connectivity index (χ1) is 9.94. The molecule has 2 rings (SSSR count). The number of rotatable bonds is 6. The second kappa shape index (κ2) is 6.13. The summed E-state index contributed by atoms with van der Waals surface area (Å²) >= 11 is 0. The van der Waals surface area contributed by atoms with Gasteiger partial charge in [-0.3, -0.25) is 9.48 Å². The Bertz CT molecular complexity index is 599. The first kappa shape index (κ1) is 15.3. The van der Waals surface area contributed by atoms with E-state index in [1.165, 1.54) is 0 Å². The Morgan fingerprint density at radius 2 is 2.05 bits per heavy atom. The maximum Gasteiger partial charge on any atom is 0.256 e. The lowest BCUT2D eigenvalue weighted by Crippen LogP contribution is -2.34. The van der Waals surface area contributed by atoms with Gasteiger partial charge in [0.1, 0.15) is 11.4 Å². The van der Waals surface area contributed by atoms with Gasteiger partial charge >= 0.3 is 0 Å². The predicted octanol–water partition coefficient (Wildman–Crippen LogP) is 1.35. The SMILES string of the molecule is Cn1ncc(C(=O)NCC(C)(C)CCO)c1-n1cccc1. The number of carbonyl (C=O) groups is 1. The number of nitrogens with one attached hydrogen (secondary N) is 1. The smallest absolute Gasteiger partial charge is 0.256 e. The second-order valence-corrected chi connectivity index (χ2v) is 5.92. The van der Waals surface area contributed by atoms with Crippen LogP contribution < -0.4 is 5.32 Å². The number of aliphatic hydroxyl groups is 1. The van der Waals surface area contributed by atoms with Crippen molar-refractivity contribution in [1.29, 1.82) is 0 Å². The molecular weight excluding hydrogens is 268 g/mol. The van der Waals surface area contributed by atoms with E-state index >= 15 is 0 Å². The average Bonchev–Trinajstić information content (AvgIpc) is 3.04. The Hall–Kier alpha value is -2.08. The standard InChI is InChI=1S/C15H22N4O2/c1-15(2,6-9-20)11-16-13(21)12-10-17-18(3)14(12)19-7-4-5-8-19/h4-5,7-8,10,20H,6,9,11H2,1-3H3,(H,16,21). The Balaban J connectivity index is 2.14. The topological polar surface area (TPSA) is 72.1 Å². The van der Waals surface area contributed by atoms with E-state index in [1.54, 1.807) is 10.9 Å². The third-order valence-electron chi connectivity index (χ3n) is 3.52. The molecule has 2 N–H and O–H groups in total. The van der Waals surface area contributed by atoms with Gasteiger partial charge in [-0.1, -0.05) is 13.8 Å². The van der Waals surface area contributed by atoms with Crippen LogP contribution in [0.4, 0.5) is 0 Å². The van der Waals surface area contributed by atoms with E-state index in [2.05, 4.69) is 10.4 Å². The lowest BCUT2D eigenvalue weighted by molar-refractivity contribution is 0.0928. The first-order valence-electron chi connectivity index (χ1n) is 6.99. The lowest BCUT2D eigenvalue weighted by Gasteiger charge is -2.23. The van der Waals surface area contributed by atoms with Crippen molar-refractivity contribution in [3.8, 4) is 5.82 Å². The molecule has 0 aliphatic rings. The maximum atomic E-state index is 12.4. The third-order valence-corrected chi connectivity index (χ3v) is 3.52. The molecule has 0 aromatic carbocycles. The summed E-state index contributed by atoms with van der Waals surface area (Å²) in [6.07, 6.45) is 5.97. The molecule has 0 unspecified atom stereocenters. The van der Waals surface area contributed by atoms with E-state index in [0.717, 1.165) is 5.82 Å². The van der Waals surface area contributed by atoms with Crippen LogP contribution in [0.25, 0.3) is 5.82 Å². The fraction of sp³-hybridized carbons (Fsp3) is 0.467. The summed E-state index contributed by atoms with van der Waals surface area (Å²) in [5.74, 6) is 0.579. The zero-order valence-electron chi connectivity index (χ0n) is 12.7. The summed E-state index contributed by atoms with van der Waals surface area (Å²) < 4.78 is 3.54. The Morgan fingerprint density at radius 1 is 1.38 bits per heavy atom. The van der Waals surface area contributed by atoms with Gasteiger partial charge in [0.25, 0.3) is 5.91 Å². The molecule has 0 fully saturated rings. The number of aliphatic hydroxyl groups excluding tert-OH is 1. The van der Waals surface area contributed by atoms with Gasteiger partial charge < -0.3 is 15.0 Å². The van der Waals surface area contributed by atoms with Crippen LogP contribution in [0, 0.1) is 5.41 Å². The summed E-state index contributed by atoms with van der Waals surface area (Å²) in [4.78, 5) is 12.4. The van der Waals surface area contributed by atoms with Crippen LogP contribution in [0.1, 0.15) is 30.6 Å². The second-order valence-electron chi connectivity index (χ2n) is 5.92. The van der Waals surface area contributed by atoms with E-state index < -0.39 is 0 Å². The third kappa shape index (κ3) is 3.52. The molecule has 0 spiro atoms. The van der Waals surface area contributed by atoms with Gasteiger partial charge in [-0.2, -0.15) is 5.10 Å². The zero-order valence-corrected chi connectivity index (χ0v) is 12.7. The van der Waals surface area contributed by atoms with E-state index in [9.17, 15) is 4.79 Å². The van der Waals surface area contributed by atoms with Gasteiger partial charge in [0.15, 0.2) is 0 Å². The number of carbonyl (C=O) groups excluding carboxylic acids is 1. The van der Waals surface area contributed by atoms with Gasteiger partial charge in [0, 0.05) is 32.6 Å². The molecule has 0 atom stereocenters. The summed E-state index contributed by atoms with van der Waals surface area (Å²) in [5, 5.41) is 16.1. The number of aryl methyl sites for hydroxylation is 1. The molecule has 6 nitrogen and oxygen atoms in total. The number of aromatic nitrogens is 3. The molecule has 21 heavy (non-hydrogen) atoms. The minimum absolute atomic E-state index is 0.115. The van der Waals surface area contributed by atoms with Crippen molar-refractivity contribution < 1.29 is 9.90 Å². The molecule has 0 radical (unpaired) electrons. The molecule has 2 heterocycles. The Morgan fingerprint density at radius 3 is 2.67 bits per heavy atom. The van der Waals surface area contributed by atoms with Crippen LogP contribution in [-0.4, -0.2) is 38.5 Å². The van der Waals surface area contributed by atoms with Crippen LogP contribution >= 0.6 is 0 Å². The Kier molecular flexibility index (Phi) is 4.47. The summed E-state index contributed by atoms with van der Waals surface area (Å²) in [7, 11) is 1.81. The van der Waals surface area contributed by atoms with E-state index in [-0.39, 0.29) is 17.9 Å². The van der Waals surface area contributed by atoms with Crippen molar-refractivity contribution >= 4 is 5.91 Å². The largest absolute Gasteiger partial charge is 0.396 e. The number of hydrogen-bond acceptors (Lipinski definition) is 3. The number of hydrogen-bond donors (Lipinski definition) is 2. The maximum absolute atomic E-state index is 12.4. The quantitative estimate of drug-likeness (QED) is 0.843. The molecular formula is C15H22N4O2. The molecule has 0 aliphatic heterocycles. The van der Waals surface area contributed by atoms with Gasteiger partial charge in [0.2, 0.25) is 0 Å². The average molecular weight is 290 g/mol. The normalized spacial score (nSPS) is 11.6. The van der Waals surface area contributed by atoms with Gasteiger partial charge in [-0.15, -0.1) is 0 Å². The van der Waals surface area contributed by atoms with Crippen LogP contribution in [0.15, 0.2) is 30.7 Å². The highest BCUT2D eigenvalue weighted by Crippen LogP contribution is 2.19. The Labute approximate surface area is 124 Å². The molecule has 1 amide bonds. The van der Waals surface area contributed by atoms with Crippen molar-refractivity contribution in [1.82, 2.24) is 19.7 Å². The van der Waals surface area contributed by atoms with E-state index in [0.29, 0.717) is 18.5 Å². The summed E-state index contributed by atoms with van der Waals surface area (Å²) in [5.41, 5.74) is 0.397. The van der Waals surface area contributed by atoms with Crippen molar-refractivity contribution in [2.24, 2.45) is 12.5 Å². The fourth-order valence-corrected chi connectivity index (χ4v) is 2.18. The van der Waals surface area contributed by atoms with Crippen LogP contribution in [0.3, 0.4) is 0 Å². The highest BCUT2D eigenvalue weighted by Gasteiger charge is 2.21. The molecule has 2 aromatic heterocycles. The number of amides is 1. The van der Waals surface area contributed by atoms with Crippen LogP contribution in [-0.2, 0) is 7.05 Å². The van der Waals surface area contributed by atoms with Crippen molar-refractivity contribution in [2.75, 3.05) is 13.2 Å². The predicted molar refractivity (Wildman–Crippen MR) is 80.4 cm³/mol. The zero-order chi connectivity index (χ0) is 15.5. The van der Waals surface area contributed by atoms with Crippen molar-refractivity contribution in [3.63, 3.8) is 0 Å². The monoisotopic (exact) mass is 290 g/mol. The minimum Gasteiger partial charge on any atom is -0.396 e. The fourth-order valence-electron chi connectivity index (χ4n) is 2.18. The molecule has 2 aromatic rings. The lowest BCUT2D eigenvalue weighted by atomic mass is 9.90. The first-order valence-corrected chi connectivity index (χ1v) is 6.99. The summed E-state index contributed by atoms with van der Waals surface area (Å²) in [6.45, 7) is 4.65. The van der Waals surface area contributed by atoms with E-state index in [1.807, 2.05) is 50.0 Å². The molecule has 0 bridgehead atoms. The highest BCUT2D eigenvalue weighted by atomic mass is 16.3. The summed E-state index contributed by atoms with van der Waals surface area (Å²) in [6, 6.07) is 3.80. The van der Waals surface area contributed by atoms with Gasteiger partial charge in [-0.05, 0) is 24.0 Å². The molecule has 114 valence electrons. The van der Waals surface area contributed by atoms with Crippen molar-refractivity contribution in [2.45, 2.75) is 20.3 Å². The van der Waals surface area contributed by atoms with Crippen molar-refractivity contribution in [3.05, 3.63) is 36.3 Å². The van der Waals surface area contributed by atoms with Gasteiger partial charge in [0.05, 0.1) is 6.20 Å². The van der Waals surface area contributed by atoms with E-state index in [4.69, 9.17) is 5.11 Å². The minimum atomic E-state index is -0.155. The molecule has 0 aliphatic carbocycles. The highest BCUT2D eigenvalue weighted by molar-refractivity contribution is 5.97. The molecule has 0 saturated carbocycles. The van der Waals surface area contributed by atoms with Crippen LogP contribution in [0.2, 0.25) is 0 Å². The van der Waals surface area contributed by atoms with Crippen LogP contribution in [0.5, 0.6) is 0 Å². The number of nitrogens with zero attached hydrogens (tertiary/aromatic N) is 3. The van der Waals surface area contributed by atoms with Gasteiger partial charge in [-0.25, -0.2) is 0 Å². The molecule has 6 heteroatoms.